The van der Waals surface area contributed by atoms with E-state index in [1.54, 1.807) is 43.5 Å². The van der Waals surface area contributed by atoms with Gasteiger partial charge in [0.05, 0.1) is 7.11 Å². The molecule has 0 aliphatic carbocycles. The standard InChI is InChI=1S/C24H24N2O4/c1-17-8-11-21(30-17)16-22(26-23(27)19-6-4-3-5-7-19)24(28)25-15-14-18-9-12-20(29-2)13-10-18/h3-13,16H,14-15H2,1-2H3,(H,25,28)(H,26,27)/b22-16-. The molecule has 1 aromatic heterocycles. The zero-order chi connectivity index (χ0) is 21.3. The molecular weight excluding hydrogens is 380 g/mol. The van der Waals surface area contributed by atoms with Gasteiger partial charge < -0.3 is 19.8 Å². The molecular formula is C24H24N2O4. The molecule has 30 heavy (non-hydrogen) atoms. The maximum atomic E-state index is 12.8. The molecule has 2 N–H and O–H groups in total. The molecule has 0 bridgehead atoms. The molecule has 1 heterocycles. The Morgan fingerprint density at radius 1 is 1.00 bits per heavy atom. The molecule has 2 aromatic carbocycles. The van der Waals surface area contributed by atoms with Crippen LogP contribution in [0.1, 0.15) is 27.4 Å². The minimum absolute atomic E-state index is 0.118. The molecule has 0 spiro atoms. The Kier molecular flexibility index (Phi) is 7.05. The topological polar surface area (TPSA) is 80.6 Å². The van der Waals surface area contributed by atoms with E-state index in [1.807, 2.05) is 37.3 Å². The minimum Gasteiger partial charge on any atom is -0.497 e. The van der Waals surface area contributed by atoms with Gasteiger partial charge in [0.1, 0.15) is 23.0 Å². The zero-order valence-corrected chi connectivity index (χ0v) is 17.0. The Hall–Kier alpha value is -3.80. The summed E-state index contributed by atoms with van der Waals surface area (Å²) in [7, 11) is 1.62. The first kappa shape index (κ1) is 20.9. The van der Waals surface area contributed by atoms with Gasteiger partial charge in [0.15, 0.2) is 0 Å². The Labute approximate surface area is 175 Å². The lowest BCUT2D eigenvalue weighted by Gasteiger charge is -2.11. The average molecular weight is 404 g/mol. The second-order valence-electron chi connectivity index (χ2n) is 6.68. The Morgan fingerprint density at radius 3 is 2.37 bits per heavy atom. The van der Waals surface area contributed by atoms with Crippen LogP contribution in [0.25, 0.3) is 6.08 Å². The van der Waals surface area contributed by atoms with Gasteiger partial charge in [-0.3, -0.25) is 9.59 Å². The van der Waals surface area contributed by atoms with E-state index in [0.717, 1.165) is 17.1 Å². The van der Waals surface area contributed by atoms with Crippen molar-refractivity contribution in [2.24, 2.45) is 0 Å². The molecule has 6 nitrogen and oxygen atoms in total. The van der Waals surface area contributed by atoms with Crippen LogP contribution in [0.4, 0.5) is 0 Å². The van der Waals surface area contributed by atoms with Crippen molar-refractivity contribution in [3.63, 3.8) is 0 Å². The highest BCUT2D eigenvalue weighted by Gasteiger charge is 2.15. The molecule has 0 unspecified atom stereocenters. The monoisotopic (exact) mass is 404 g/mol. The third-order valence-corrected chi connectivity index (χ3v) is 4.43. The molecule has 3 aromatic rings. The van der Waals surface area contributed by atoms with E-state index in [9.17, 15) is 9.59 Å². The number of carbonyl (C=O) groups excluding carboxylic acids is 2. The van der Waals surface area contributed by atoms with Crippen LogP contribution in [0.15, 0.2) is 76.8 Å². The van der Waals surface area contributed by atoms with Crippen LogP contribution in [-0.4, -0.2) is 25.5 Å². The number of ether oxygens (including phenoxy) is 1. The first-order chi connectivity index (χ1) is 14.5. The molecule has 2 amide bonds. The van der Waals surface area contributed by atoms with E-state index in [0.29, 0.717) is 24.3 Å². The molecule has 0 fully saturated rings. The highest BCUT2D eigenvalue weighted by molar-refractivity contribution is 6.05. The summed E-state index contributed by atoms with van der Waals surface area (Å²) < 4.78 is 10.7. The quantitative estimate of drug-likeness (QED) is 0.561. The van der Waals surface area contributed by atoms with Crippen LogP contribution in [0.2, 0.25) is 0 Å². The third kappa shape index (κ3) is 5.85. The molecule has 154 valence electrons. The summed E-state index contributed by atoms with van der Waals surface area (Å²) in [5.41, 5.74) is 1.65. The largest absolute Gasteiger partial charge is 0.497 e. The van der Waals surface area contributed by atoms with Crippen molar-refractivity contribution < 1.29 is 18.7 Å². The number of amides is 2. The number of benzene rings is 2. The van der Waals surface area contributed by atoms with Crippen LogP contribution in [0.3, 0.4) is 0 Å². The van der Waals surface area contributed by atoms with Crippen LogP contribution in [0.5, 0.6) is 5.75 Å². The smallest absolute Gasteiger partial charge is 0.267 e. The summed E-state index contributed by atoms with van der Waals surface area (Å²) in [5, 5.41) is 5.54. The Balaban J connectivity index is 1.68. The second-order valence-corrected chi connectivity index (χ2v) is 6.68. The van der Waals surface area contributed by atoms with E-state index in [-0.39, 0.29) is 17.5 Å². The fourth-order valence-electron chi connectivity index (χ4n) is 2.82. The predicted octanol–water partition coefficient (Wildman–Crippen LogP) is 3.73. The fourth-order valence-corrected chi connectivity index (χ4v) is 2.82. The maximum absolute atomic E-state index is 12.8. The summed E-state index contributed by atoms with van der Waals surface area (Å²) >= 11 is 0. The molecule has 6 heteroatoms. The summed E-state index contributed by atoms with van der Waals surface area (Å²) in [4.78, 5) is 25.3. The van der Waals surface area contributed by atoms with Crippen molar-refractivity contribution in [3.05, 3.63) is 95.1 Å². The average Bonchev–Trinajstić information content (AvgIpc) is 3.18. The summed E-state index contributed by atoms with van der Waals surface area (Å²) in [6, 6.07) is 19.9. The van der Waals surface area contributed by atoms with Crippen molar-refractivity contribution in [1.29, 1.82) is 0 Å². The Bertz CT molecular complexity index is 1020. The lowest BCUT2D eigenvalue weighted by atomic mass is 10.1. The van der Waals surface area contributed by atoms with Gasteiger partial charge in [0.2, 0.25) is 0 Å². The third-order valence-electron chi connectivity index (χ3n) is 4.43. The van der Waals surface area contributed by atoms with Crippen molar-refractivity contribution in [3.8, 4) is 5.75 Å². The van der Waals surface area contributed by atoms with Gasteiger partial charge in [-0.1, -0.05) is 30.3 Å². The molecule has 3 rings (SSSR count). The normalized spacial score (nSPS) is 11.1. The second kappa shape index (κ2) is 10.1. The summed E-state index contributed by atoms with van der Waals surface area (Å²) in [6.45, 7) is 2.23. The molecule has 0 saturated heterocycles. The summed E-state index contributed by atoms with van der Waals surface area (Å²) in [5.74, 6) is 1.23. The van der Waals surface area contributed by atoms with Crippen molar-refractivity contribution in [2.75, 3.05) is 13.7 Å². The number of aryl methyl sites for hydroxylation is 1. The highest BCUT2D eigenvalue weighted by Crippen LogP contribution is 2.13. The number of hydrogen-bond acceptors (Lipinski definition) is 4. The van der Waals surface area contributed by atoms with E-state index in [4.69, 9.17) is 9.15 Å². The van der Waals surface area contributed by atoms with Gasteiger partial charge in [-0.05, 0) is 55.3 Å². The SMILES string of the molecule is COc1ccc(CCNC(=O)/C(=C/c2ccc(C)o2)NC(=O)c2ccccc2)cc1. The van der Waals surface area contributed by atoms with Gasteiger partial charge in [0, 0.05) is 18.2 Å². The lowest BCUT2D eigenvalue weighted by molar-refractivity contribution is -0.117. The van der Waals surface area contributed by atoms with Gasteiger partial charge >= 0.3 is 0 Å². The molecule has 0 radical (unpaired) electrons. The van der Waals surface area contributed by atoms with Gasteiger partial charge in [-0.15, -0.1) is 0 Å². The maximum Gasteiger partial charge on any atom is 0.267 e. The highest BCUT2D eigenvalue weighted by atomic mass is 16.5. The van der Waals surface area contributed by atoms with Gasteiger partial charge in [0.25, 0.3) is 11.8 Å². The number of rotatable bonds is 8. The first-order valence-corrected chi connectivity index (χ1v) is 9.61. The summed E-state index contributed by atoms with van der Waals surface area (Å²) in [6.07, 6.45) is 2.17. The zero-order valence-electron chi connectivity index (χ0n) is 17.0. The van der Waals surface area contributed by atoms with Crippen LogP contribution in [0, 0.1) is 6.92 Å². The lowest BCUT2D eigenvalue weighted by Crippen LogP contribution is -2.35. The predicted molar refractivity (Wildman–Crippen MR) is 115 cm³/mol. The van der Waals surface area contributed by atoms with Gasteiger partial charge in [-0.2, -0.15) is 0 Å². The molecule has 0 atom stereocenters. The van der Waals surface area contributed by atoms with Crippen LogP contribution in [-0.2, 0) is 11.2 Å². The number of hydrogen-bond donors (Lipinski definition) is 2. The van der Waals surface area contributed by atoms with E-state index in [1.165, 1.54) is 6.08 Å². The van der Waals surface area contributed by atoms with E-state index in [2.05, 4.69) is 10.6 Å². The van der Waals surface area contributed by atoms with Gasteiger partial charge in [-0.25, -0.2) is 0 Å². The number of nitrogens with one attached hydrogen (secondary N) is 2. The van der Waals surface area contributed by atoms with E-state index >= 15 is 0 Å². The first-order valence-electron chi connectivity index (χ1n) is 9.61. The van der Waals surface area contributed by atoms with Crippen molar-refractivity contribution in [1.82, 2.24) is 10.6 Å². The van der Waals surface area contributed by atoms with Crippen molar-refractivity contribution in [2.45, 2.75) is 13.3 Å². The van der Waals surface area contributed by atoms with Crippen LogP contribution < -0.4 is 15.4 Å². The fraction of sp³-hybridized carbons (Fsp3) is 0.167. The molecule has 0 aliphatic heterocycles. The molecule has 0 saturated carbocycles. The van der Waals surface area contributed by atoms with Crippen LogP contribution >= 0.6 is 0 Å². The number of furan rings is 1. The van der Waals surface area contributed by atoms with E-state index < -0.39 is 0 Å². The minimum atomic E-state index is -0.387. The number of methoxy groups -OCH3 is 1. The molecule has 0 aliphatic rings. The van der Waals surface area contributed by atoms with Crippen molar-refractivity contribution >= 4 is 17.9 Å². The Morgan fingerprint density at radius 2 is 1.73 bits per heavy atom. The number of carbonyl (C=O) groups is 2.